The van der Waals surface area contributed by atoms with E-state index in [9.17, 15) is 10.1 Å². The number of nitrogens with zero attached hydrogens (tertiary/aromatic N) is 4. The number of nitriles is 1. The van der Waals surface area contributed by atoms with Crippen LogP contribution >= 0.6 is 0 Å². The molecule has 0 aromatic heterocycles. The van der Waals surface area contributed by atoms with Gasteiger partial charge in [0.25, 0.3) is 5.69 Å². The van der Waals surface area contributed by atoms with E-state index >= 15 is 0 Å². The number of piperazine rings is 1. The molecule has 0 spiro atoms. The Kier molecular flexibility index (Phi) is 3.97. The fourth-order valence-corrected chi connectivity index (χ4v) is 2.43. The van der Waals surface area contributed by atoms with Crippen LogP contribution in [-0.2, 0) is 0 Å². The second kappa shape index (κ2) is 5.67. The van der Waals surface area contributed by atoms with Crippen LogP contribution in [0.15, 0.2) is 18.2 Å². The third-order valence-corrected chi connectivity index (χ3v) is 3.40. The molecular formula is C13H16N4O2. The fraction of sp³-hybridized carbons (Fsp3) is 0.462. The summed E-state index contributed by atoms with van der Waals surface area (Å²) in [5, 5.41) is 19.8. The number of nitro benzene ring substituents is 1. The van der Waals surface area contributed by atoms with E-state index < -0.39 is 0 Å². The molecule has 1 aliphatic heterocycles. The predicted octanol–water partition coefficient (Wildman–Crippen LogP) is 1.55. The summed E-state index contributed by atoms with van der Waals surface area (Å²) in [6, 6.07) is 7.28. The number of hydrogen-bond acceptors (Lipinski definition) is 5. The molecular weight excluding hydrogens is 244 g/mol. The molecule has 19 heavy (non-hydrogen) atoms. The Labute approximate surface area is 112 Å². The molecule has 1 heterocycles. The van der Waals surface area contributed by atoms with E-state index in [1.54, 1.807) is 12.1 Å². The summed E-state index contributed by atoms with van der Waals surface area (Å²) in [4.78, 5) is 14.9. The maximum absolute atomic E-state index is 11.1. The van der Waals surface area contributed by atoms with Crippen molar-refractivity contribution in [2.24, 2.45) is 0 Å². The second-order valence-electron chi connectivity index (χ2n) is 4.62. The van der Waals surface area contributed by atoms with Gasteiger partial charge in [0, 0.05) is 32.2 Å². The minimum absolute atomic E-state index is 0.161. The standard InChI is InChI=1S/C13H16N4O2/c1-11-3-2-4-12(17(18)19)13(11)16-9-7-15(6-5-14)8-10-16/h2-4H,6-10H2,1H3. The smallest absolute Gasteiger partial charge is 0.292 e. The van der Waals surface area contributed by atoms with E-state index in [2.05, 4.69) is 11.0 Å². The molecule has 6 heteroatoms. The van der Waals surface area contributed by atoms with Gasteiger partial charge in [-0.15, -0.1) is 0 Å². The van der Waals surface area contributed by atoms with Crippen molar-refractivity contribution >= 4 is 11.4 Å². The highest BCUT2D eigenvalue weighted by Gasteiger charge is 2.24. The molecule has 0 amide bonds. The summed E-state index contributed by atoms with van der Waals surface area (Å²) in [5.74, 6) is 0. The average molecular weight is 260 g/mol. The first-order valence-corrected chi connectivity index (χ1v) is 6.21. The highest BCUT2D eigenvalue weighted by Crippen LogP contribution is 2.32. The monoisotopic (exact) mass is 260 g/mol. The van der Waals surface area contributed by atoms with Gasteiger partial charge in [-0.05, 0) is 12.5 Å². The number of nitro groups is 1. The lowest BCUT2D eigenvalue weighted by atomic mass is 10.1. The maximum Gasteiger partial charge on any atom is 0.292 e. The van der Waals surface area contributed by atoms with Crippen molar-refractivity contribution in [2.75, 3.05) is 37.6 Å². The number of hydrogen-bond donors (Lipinski definition) is 0. The van der Waals surface area contributed by atoms with E-state index in [4.69, 9.17) is 5.26 Å². The number of anilines is 1. The lowest BCUT2D eigenvalue weighted by molar-refractivity contribution is -0.384. The van der Waals surface area contributed by atoms with Crippen LogP contribution in [-0.4, -0.2) is 42.5 Å². The van der Waals surface area contributed by atoms with Gasteiger partial charge in [-0.2, -0.15) is 5.26 Å². The third-order valence-electron chi connectivity index (χ3n) is 3.40. The van der Waals surface area contributed by atoms with Gasteiger partial charge < -0.3 is 4.90 Å². The van der Waals surface area contributed by atoms with E-state index in [0.29, 0.717) is 25.3 Å². The normalized spacial score (nSPS) is 16.1. The predicted molar refractivity (Wildman–Crippen MR) is 72.1 cm³/mol. The Balaban J connectivity index is 2.20. The first-order valence-electron chi connectivity index (χ1n) is 6.21. The van der Waals surface area contributed by atoms with Gasteiger partial charge in [0.05, 0.1) is 17.5 Å². The Morgan fingerprint density at radius 1 is 1.37 bits per heavy atom. The first-order chi connectivity index (χ1) is 9.13. The van der Waals surface area contributed by atoms with Crippen LogP contribution in [0.2, 0.25) is 0 Å². The Morgan fingerprint density at radius 3 is 2.63 bits per heavy atom. The number of benzene rings is 1. The molecule has 1 saturated heterocycles. The zero-order chi connectivity index (χ0) is 13.8. The van der Waals surface area contributed by atoms with Crippen LogP contribution in [0.1, 0.15) is 5.56 Å². The zero-order valence-electron chi connectivity index (χ0n) is 10.9. The van der Waals surface area contributed by atoms with Gasteiger partial charge in [-0.1, -0.05) is 12.1 Å². The fourth-order valence-electron chi connectivity index (χ4n) is 2.43. The molecule has 0 aliphatic carbocycles. The third kappa shape index (κ3) is 2.83. The Bertz CT molecular complexity index is 516. The summed E-state index contributed by atoms with van der Waals surface area (Å²) >= 11 is 0. The van der Waals surface area contributed by atoms with Gasteiger partial charge in [-0.25, -0.2) is 0 Å². The van der Waals surface area contributed by atoms with Crippen molar-refractivity contribution in [1.82, 2.24) is 4.90 Å². The van der Waals surface area contributed by atoms with E-state index in [0.717, 1.165) is 18.7 Å². The van der Waals surface area contributed by atoms with E-state index in [1.165, 1.54) is 0 Å². The Hall–Kier alpha value is -2.13. The van der Waals surface area contributed by atoms with Crippen molar-refractivity contribution < 1.29 is 4.92 Å². The van der Waals surface area contributed by atoms with Crippen molar-refractivity contribution in [1.29, 1.82) is 5.26 Å². The molecule has 1 aliphatic rings. The number of aryl methyl sites for hydroxylation is 1. The summed E-state index contributed by atoms with van der Waals surface area (Å²) in [7, 11) is 0. The summed E-state index contributed by atoms with van der Waals surface area (Å²) in [6.45, 7) is 5.27. The quantitative estimate of drug-likeness (QED) is 0.468. The number of rotatable bonds is 3. The van der Waals surface area contributed by atoms with Crippen LogP contribution in [0.4, 0.5) is 11.4 Å². The highest BCUT2D eigenvalue weighted by atomic mass is 16.6. The molecule has 2 rings (SSSR count). The van der Waals surface area contributed by atoms with Crippen molar-refractivity contribution in [3.05, 3.63) is 33.9 Å². The van der Waals surface area contributed by atoms with Crippen LogP contribution in [0.3, 0.4) is 0 Å². The number of para-hydroxylation sites is 1. The SMILES string of the molecule is Cc1cccc([N+](=O)[O-])c1N1CCN(CC#N)CC1. The maximum atomic E-state index is 11.1. The molecule has 0 radical (unpaired) electrons. The van der Waals surface area contributed by atoms with Crippen LogP contribution in [0.5, 0.6) is 0 Å². The van der Waals surface area contributed by atoms with Crippen LogP contribution < -0.4 is 4.90 Å². The second-order valence-corrected chi connectivity index (χ2v) is 4.62. The van der Waals surface area contributed by atoms with Gasteiger partial charge in [-0.3, -0.25) is 15.0 Å². The average Bonchev–Trinajstić information content (AvgIpc) is 2.40. The topological polar surface area (TPSA) is 73.4 Å². The molecule has 0 bridgehead atoms. The molecule has 0 saturated carbocycles. The zero-order valence-corrected chi connectivity index (χ0v) is 10.9. The van der Waals surface area contributed by atoms with Gasteiger partial charge in [0.1, 0.15) is 5.69 Å². The van der Waals surface area contributed by atoms with Crippen molar-refractivity contribution in [3.8, 4) is 6.07 Å². The largest absolute Gasteiger partial charge is 0.363 e. The lowest BCUT2D eigenvalue weighted by Crippen LogP contribution is -2.46. The van der Waals surface area contributed by atoms with E-state index in [-0.39, 0.29) is 10.6 Å². The molecule has 1 fully saturated rings. The van der Waals surface area contributed by atoms with Gasteiger partial charge in [0.15, 0.2) is 0 Å². The molecule has 6 nitrogen and oxygen atoms in total. The lowest BCUT2D eigenvalue weighted by Gasteiger charge is -2.35. The van der Waals surface area contributed by atoms with Gasteiger partial charge >= 0.3 is 0 Å². The van der Waals surface area contributed by atoms with Crippen molar-refractivity contribution in [2.45, 2.75) is 6.92 Å². The molecule has 1 aromatic rings. The van der Waals surface area contributed by atoms with Crippen LogP contribution in [0, 0.1) is 28.4 Å². The van der Waals surface area contributed by atoms with Gasteiger partial charge in [0.2, 0.25) is 0 Å². The summed E-state index contributed by atoms with van der Waals surface area (Å²) in [6.07, 6.45) is 0. The molecule has 100 valence electrons. The van der Waals surface area contributed by atoms with E-state index in [1.807, 2.05) is 17.9 Å². The minimum Gasteiger partial charge on any atom is -0.363 e. The van der Waals surface area contributed by atoms with Crippen molar-refractivity contribution in [3.63, 3.8) is 0 Å². The summed E-state index contributed by atoms with van der Waals surface area (Å²) < 4.78 is 0. The molecule has 0 unspecified atom stereocenters. The highest BCUT2D eigenvalue weighted by molar-refractivity contribution is 5.67. The molecule has 0 N–H and O–H groups in total. The Morgan fingerprint density at radius 2 is 2.05 bits per heavy atom. The molecule has 0 atom stereocenters. The molecule has 1 aromatic carbocycles. The first kappa shape index (κ1) is 13.3. The van der Waals surface area contributed by atoms with Crippen LogP contribution in [0.25, 0.3) is 0 Å². The summed E-state index contributed by atoms with van der Waals surface area (Å²) in [5.41, 5.74) is 1.79. The minimum atomic E-state index is -0.329.